The molecule has 0 aliphatic heterocycles. The molecular weight excluding hydrogens is 370 g/mol. The number of sulfonamides is 1. The van der Waals surface area contributed by atoms with Gasteiger partial charge in [-0.25, -0.2) is 13.2 Å². The molecule has 0 saturated heterocycles. The number of carbonyl (C=O) groups is 1. The molecule has 0 aliphatic carbocycles. The third-order valence-corrected chi connectivity index (χ3v) is 5.16. The van der Waals surface area contributed by atoms with Gasteiger partial charge in [0, 0.05) is 6.07 Å². The lowest BCUT2D eigenvalue weighted by Crippen LogP contribution is -2.13. The molecule has 146 valence electrons. The van der Waals surface area contributed by atoms with Crippen LogP contribution in [0, 0.1) is 0 Å². The first-order valence-corrected chi connectivity index (χ1v) is 9.91. The summed E-state index contributed by atoms with van der Waals surface area (Å²) in [6.45, 7) is 2.66. The first kappa shape index (κ1) is 20.6. The number of benzene rings is 2. The largest absolute Gasteiger partial charge is 0.496 e. The van der Waals surface area contributed by atoms with Crippen LogP contribution in [0.15, 0.2) is 47.4 Å². The van der Waals surface area contributed by atoms with Gasteiger partial charge in [-0.3, -0.25) is 4.72 Å². The monoisotopic (exact) mass is 393 g/mol. The normalized spacial score (nSPS) is 10.9. The van der Waals surface area contributed by atoms with E-state index in [1.807, 2.05) is 0 Å². The summed E-state index contributed by atoms with van der Waals surface area (Å²) in [5, 5.41) is 0. The third kappa shape index (κ3) is 5.37. The van der Waals surface area contributed by atoms with Crippen LogP contribution < -0.4 is 14.2 Å². The summed E-state index contributed by atoms with van der Waals surface area (Å²) in [6.07, 6.45) is 1.96. The minimum Gasteiger partial charge on any atom is -0.496 e. The Labute approximate surface area is 159 Å². The Bertz CT molecular complexity index is 878. The molecule has 0 spiro atoms. The lowest BCUT2D eigenvalue weighted by Gasteiger charge is -2.12. The van der Waals surface area contributed by atoms with E-state index in [0.29, 0.717) is 12.4 Å². The maximum Gasteiger partial charge on any atom is 0.341 e. The SMILES string of the molecule is CCCCOc1ccc(S(=O)(=O)Nc2ccc(C(=O)OC)c(OC)c2)cc1. The summed E-state index contributed by atoms with van der Waals surface area (Å²) in [5.41, 5.74) is 0.472. The van der Waals surface area contributed by atoms with Gasteiger partial charge < -0.3 is 14.2 Å². The van der Waals surface area contributed by atoms with E-state index >= 15 is 0 Å². The van der Waals surface area contributed by atoms with Crippen molar-refractivity contribution in [3.8, 4) is 11.5 Å². The van der Waals surface area contributed by atoms with Crippen molar-refractivity contribution in [3.05, 3.63) is 48.0 Å². The quantitative estimate of drug-likeness (QED) is 0.518. The fourth-order valence-electron chi connectivity index (χ4n) is 2.30. The van der Waals surface area contributed by atoms with Gasteiger partial charge in [0.05, 0.1) is 31.4 Å². The number of methoxy groups -OCH3 is 2. The van der Waals surface area contributed by atoms with E-state index < -0.39 is 16.0 Å². The summed E-state index contributed by atoms with van der Waals surface area (Å²) in [6, 6.07) is 10.5. The predicted octanol–water partition coefficient (Wildman–Crippen LogP) is 3.46. The molecule has 7 nitrogen and oxygen atoms in total. The molecule has 2 aromatic carbocycles. The van der Waals surface area contributed by atoms with E-state index in [4.69, 9.17) is 9.47 Å². The molecule has 27 heavy (non-hydrogen) atoms. The molecule has 0 amide bonds. The van der Waals surface area contributed by atoms with Gasteiger partial charge in [-0.1, -0.05) is 13.3 Å². The Balaban J connectivity index is 2.17. The molecule has 0 saturated carbocycles. The van der Waals surface area contributed by atoms with Gasteiger partial charge in [0.15, 0.2) is 0 Å². The first-order valence-electron chi connectivity index (χ1n) is 8.43. The van der Waals surface area contributed by atoms with Crippen LogP contribution in [-0.4, -0.2) is 35.2 Å². The highest BCUT2D eigenvalue weighted by atomic mass is 32.2. The number of unbranched alkanes of at least 4 members (excludes halogenated alkanes) is 1. The number of hydrogen-bond donors (Lipinski definition) is 1. The minimum absolute atomic E-state index is 0.0985. The molecular formula is C19H23NO6S. The van der Waals surface area contributed by atoms with Gasteiger partial charge in [-0.05, 0) is 42.8 Å². The smallest absolute Gasteiger partial charge is 0.341 e. The zero-order valence-corrected chi connectivity index (χ0v) is 16.3. The Kier molecular flexibility index (Phi) is 7.06. The third-order valence-electron chi connectivity index (χ3n) is 3.76. The van der Waals surface area contributed by atoms with Crippen LogP contribution in [0.4, 0.5) is 5.69 Å². The van der Waals surface area contributed by atoms with Gasteiger partial charge in [0.1, 0.15) is 17.1 Å². The van der Waals surface area contributed by atoms with Crippen molar-refractivity contribution in [2.24, 2.45) is 0 Å². The maximum absolute atomic E-state index is 12.6. The molecule has 0 atom stereocenters. The Morgan fingerprint density at radius 2 is 1.78 bits per heavy atom. The highest BCUT2D eigenvalue weighted by Crippen LogP contribution is 2.26. The molecule has 0 aromatic heterocycles. The molecule has 0 aliphatic rings. The van der Waals surface area contributed by atoms with E-state index in [1.165, 1.54) is 44.6 Å². The van der Waals surface area contributed by atoms with Crippen LogP contribution in [0.3, 0.4) is 0 Å². The summed E-state index contributed by atoms with van der Waals surface area (Å²) < 4.78 is 42.9. The van der Waals surface area contributed by atoms with Crippen molar-refractivity contribution in [1.29, 1.82) is 0 Å². The molecule has 8 heteroatoms. The Hall–Kier alpha value is -2.74. The number of carbonyl (C=O) groups excluding carboxylic acids is 1. The number of nitrogens with one attached hydrogen (secondary N) is 1. The van der Waals surface area contributed by atoms with Crippen LogP contribution in [-0.2, 0) is 14.8 Å². The number of rotatable bonds is 9. The van der Waals surface area contributed by atoms with Crippen LogP contribution in [0.1, 0.15) is 30.1 Å². The molecule has 0 radical (unpaired) electrons. The fourth-order valence-corrected chi connectivity index (χ4v) is 3.35. The maximum atomic E-state index is 12.6. The molecule has 0 unspecified atom stereocenters. The second kappa shape index (κ2) is 9.27. The molecule has 0 heterocycles. The first-order chi connectivity index (χ1) is 12.9. The fraction of sp³-hybridized carbons (Fsp3) is 0.316. The van der Waals surface area contributed by atoms with E-state index in [1.54, 1.807) is 12.1 Å². The summed E-state index contributed by atoms with van der Waals surface area (Å²) in [5.74, 6) is 0.258. The lowest BCUT2D eigenvalue weighted by molar-refractivity contribution is 0.0597. The molecule has 0 bridgehead atoms. The van der Waals surface area contributed by atoms with Gasteiger partial charge >= 0.3 is 5.97 Å². The summed E-state index contributed by atoms with van der Waals surface area (Å²) in [7, 11) is -1.15. The van der Waals surface area contributed by atoms with Gasteiger partial charge in [0.2, 0.25) is 0 Å². The zero-order valence-electron chi connectivity index (χ0n) is 15.5. The average Bonchev–Trinajstić information content (AvgIpc) is 2.67. The van der Waals surface area contributed by atoms with Crippen LogP contribution in [0.25, 0.3) is 0 Å². The highest BCUT2D eigenvalue weighted by molar-refractivity contribution is 7.92. The Morgan fingerprint density at radius 3 is 2.37 bits per heavy atom. The second-order valence-corrected chi connectivity index (χ2v) is 7.37. The lowest BCUT2D eigenvalue weighted by atomic mass is 10.2. The van der Waals surface area contributed by atoms with E-state index in [-0.39, 0.29) is 21.9 Å². The highest BCUT2D eigenvalue weighted by Gasteiger charge is 2.17. The van der Waals surface area contributed by atoms with Crippen molar-refractivity contribution in [2.75, 3.05) is 25.5 Å². The summed E-state index contributed by atoms with van der Waals surface area (Å²) in [4.78, 5) is 11.8. The molecule has 2 aromatic rings. The van der Waals surface area contributed by atoms with Crippen molar-refractivity contribution < 1.29 is 27.4 Å². The molecule has 2 rings (SSSR count). The van der Waals surface area contributed by atoms with Crippen LogP contribution in [0.2, 0.25) is 0 Å². The van der Waals surface area contributed by atoms with Crippen molar-refractivity contribution in [3.63, 3.8) is 0 Å². The van der Waals surface area contributed by atoms with E-state index in [2.05, 4.69) is 16.4 Å². The molecule has 0 fully saturated rings. The Morgan fingerprint density at radius 1 is 1.07 bits per heavy atom. The van der Waals surface area contributed by atoms with Crippen LogP contribution >= 0.6 is 0 Å². The van der Waals surface area contributed by atoms with Gasteiger partial charge in [-0.2, -0.15) is 0 Å². The number of ether oxygens (including phenoxy) is 3. The van der Waals surface area contributed by atoms with Crippen molar-refractivity contribution >= 4 is 21.7 Å². The van der Waals surface area contributed by atoms with E-state index in [9.17, 15) is 13.2 Å². The van der Waals surface area contributed by atoms with Gasteiger partial charge in [-0.15, -0.1) is 0 Å². The summed E-state index contributed by atoms with van der Waals surface area (Å²) >= 11 is 0. The number of esters is 1. The average molecular weight is 393 g/mol. The van der Waals surface area contributed by atoms with Gasteiger partial charge in [0.25, 0.3) is 10.0 Å². The minimum atomic E-state index is -3.80. The molecule has 1 N–H and O–H groups in total. The standard InChI is InChI=1S/C19H23NO6S/c1-4-5-12-26-15-7-9-16(10-8-15)27(22,23)20-14-6-11-17(19(21)25-3)18(13-14)24-2/h6-11,13,20H,4-5,12H2,1-3H3. The topological polar surface area (TPSA) is 90.9 Å². The zero-order chi connectivity index (χ0) is 19.9. The van der Waals surface area contributed by atoms with Crippen molar-refractivity contribution in [1.82, 2.24) is 0 Å². The van der Waals surface area contributed by atoms with Crippen molar-refractivity contribution in [2.45, 2.75) is 24.7 Å². The second-order valence-electron chi connectivity index (χ2n) is 5.69. The number of anilines is 1. The van der Waals surface area contributed by atoms with E-state index in [0.717, 1.165) is 12.8 Å². The predicted molar refractivity (Wildman–Crippen MR) is 102 cm³/mol. The number of hydrogen-bond acceptors (Lipinski definition) is 6. The van der Waals surface area contributed by atoms with Crippen LogP contribution in [0.5, 0.6) is 11.5 Å².